The van der Waals surface area contributed by atoms with Gasteiger partial charge >= 0.3 is 0 Å². The van der Waals surface area contributed by atoms with Gasteiger partial charge < -0.3 is 14.8 Å². The van der Waals surface area contributed by atoms with Crippen molar-refractivity contribution in [3.05, 3.63) is 56.4 Å². The number of hydrogen-bond acceptors (Lipinski definition) is 4. The predicted octanol–water partition coefficient (Wildman–Crippen LogP) is 3.73. The molecule has 0 aliphatic carbocycles. The van der Waals surface area contributed by atoms with Crippen molar-refractivity contribution >= 4 is 43.8 Å². The maximum Gasteiger partial charge on any atom is 0.262 e. The molecule has 0 unspecified atom stereocenters. The van der Waals surface area contributed by atoms with Gasteiger partial charge in [-0.3, -0.25) is 4.79 Å². The van der Waals surface area contributed by atoms with Crippen LogP contribution < -0.4 is 5.32 Å². The molecule has 112 valence electrons. The molecule has 0 fully saturated rings. The number of aromatic hydroxyl groups is 1. The molecule has 2 N–H and O–H groups in total. The van der Waals surface area contributed by atoms with Gasteiger partial charge in [-0.15, -0.1) is 0 Å². The molecule has 0 radical (unpaired) electrons. The highest BCUT2D eigenvalue weighted by Crippen LogP contribution is 2.33. The van der Waals surface area contributed by atoms with E-state index in [9.17, 15) is 9.90 Å². The van der Waals surface area contributed by atoms with Crippen LogP contribution in [0.25, 0.3) is 6.08 Å². The number of furan rings is 1. The maximum absolute atomic E-state index is 12.0. The van der Waals surface area contributed by atoms with Crippen LogP contribution in [0.15, 0.2) is 49.5 Å². The number of rotatable bonds is 4. The van der Waals surface area contributed by atoms with Crippen LogP contribution >= 0.6 is 31.9 Å². The van der Waals surface area contributed by atoms with Crippen molar-refractivity contribution in [2.24, 2.45) is 0 Å². The molecule has 1 aromatic heterocycles. The van der Waals surface area contributed by atoms with Gasteiger partial charge in [-0.05, 0) is 67.8 Å². The Bertz CT molecular complexity index is 739. The summed E-state index contributed by atoms with van der Waals surface area (Å²) in [4.78, 5) is 12.0. The van der Waals surface area contributed by atoms with E-state index >= 15 is 0 Å². The van der Waals surface area contributed by atoms with Crippen LogP contribution in [-0.4, -0.2) is 11.0 Å². The van der Waals surface area contributed by atoms with Gasteiger partial charge in [-0.1, -0.05) is 0 Å². The van der Waals surface area contributed by atoms with Gasteiger partial charge in [0.2, 0.25) is 0 Å². The fourth-order valence-electron chi connectivity index (χ4n) is 1.66. The molecule has 2 aromatic rings. The number of nitrogens with zero attached hydrogens (tertiary/aromatic N) is 1. The minimum atomic E-state index is -0.501. The van der Waals surface area contributed by atoms with Crippen molar-refractivity contribution in [3.8, 4) is 11.8 Å². The lowest BCUT2D eigenvalue weighted by Gasteiger charge is -2.04. The first-order chi connectivity index (χ1) is 10.5. The maximum atomic E-state index is 12.0. The molecule has 0 aliphatic heterocycles. The quantitative estimate of drug-likeness (QED) is 0.577. The number of phenolic OH excluding ortho intramolecular Hbond substituents is 1. The van der Waals surface area contributed by atoms with Crippen molar-refractivity contribution in [1.29, 1.82) is 5.26 Å². The molecular weight excluding hydrogens is 416 g/mol. The zero-order valence-electron chi connectivity index (χ0n) is 11.1. The molecule has 0 bridgehead atoms. The van der Waals surface area contributed by atoms with Crippen molar-refractivity contribution in [2.45, 2.75) is 6.54 Å². The summed E-state index contributed by atoms with van der Waals surface area (Å²) in [5.41, 5.74) is 0.553. The highest BCUT2D eigenvalue weighted by Gasteiger charge is 2.11. The topological polar surface area (TPSA) is 86.3 Å². The summed E-state index contributed by atoms with van der Waals surface area (Å²) in [5.74, 6) is 0.151. The number of nitriles is 1. The normalized spacial score (nSPS) is 11.0. The summed E-state index contributed by atoms with van der Waals surface area (Å²) < 4.78 is 6.02. The first kappa shape index (κ1) is 16.3. The van der Waals surface area contributed by atoms with Gasteiger partial charge in [0.25, 0.3) is 5.91 Å². The average molecular weight is 426 g/mol. The Kier molecular flexibility index (Phi) is 5.41. The highest BCUT2D eigenvalue weighted by molar-refractivity contribution is 9.11. The third-order valence-electron chi connectivity index (χ3n) is 2.72. The Morgan fingerprint density at radius 1 is 1.41 bits per heavy atom. The van der Waals surface area contributed by atoms with Gasteiger partial charge in [0.15, 0.2) is 0 Å². The van der Waals surface area contributed by atoms with E-state index in [2.05, 4.69) is 37.2 Å². The van der Waals surface area contributed by atoms with E-state index in [1.54, 1.807) is 24.3 Å². The lowest BCUT2D eigenvalue weighted by molar-refractivity contribution is -0.117. The first-order valence-electron chi connectivity index (χ1n) is 6.11. The van der Waals surface area contributed by atoms with Crippen molar-refractivity contribution < 1.29 is 14.3 Å². The van der Waals surface area contributed by atoms with Gasteiger partial charge in [-0.2, -0.15) is 5.26 Å². The Balaban J connectivity index is 2.16. The molecule has 0 atom stereocenters. The van der Waals surface area contributed by atoms with Crippen LogP contribution in [0.3, 0.4) is 0 Å². The van der Waals surface area contributed by atoms with Gasteiger partial charge in [0, 0.05) is 0 Å². The summed E-state index contributed by atoms with van der Waals surface area (Å²) in [7, 11) is 0. The predicted molar refractivity (Wildman–Crippen MR) is 87.7 cm³/mol. The Morgan fingerprint density at radius 3 is 2.64 bits per heavy atom. The lowest BCUT2D eigenvalue weighted by Crippen LogP contribution is -2.23. The molecule has 0 spiro atoms. The Morgan fingerprint density at radius 2 is 2.09 bits per heavy atom. The fourth-order valence-corrected chi connectivity index (χ4v) is 2.88. The summed E-state index contributed by atoms with van der Waals surface area (Å²) in [5, 5.41) is 21.4. The van der Waals surface area contributed by atoms with Crippen LogP contribution in [-0.2, 0) is 11.3 Å². The second kappa shape index (κ2) is 7.29. The molecule has 0 saturated heterocycles. The number of carbonyl (C=O) groups is 1. The molecular formula is C15H10Br2N2O3. The highest BCUT2D eigenvalue weighted by atomic mass is 79.9. The van der Waals surface area contributed by atoms with Crippen molar-refractivity contribution in [1.82, 2.24) is 5.32 Å². The minimum absolute atomic E-state index is 0.0453. The number of amides is 1. The number of carbonyl (C=O) groups excluding carboxylic acids is 1. The molecule has 0 saturated carbocycles. The third-order valence-corrected chi connectivity index (χ3v) is 3.93. The van der Waals surface area contributed by atoms with E-state index in [1.807, 2.05) is 6.07 Å². The van der Waals surface area contributed by atoms with Crippen molar-refractivity contribution in [3.63, 3.8) is 0 Å². The Hall–Kier alpha value is -2.04. The van der Waals surface area contributed by atoms with Crippen LogP contribution in [0.1, 0.15) is 11.3 Å². The number of nitrogens with one attached hydrogen (secondary N) is 1. The fraction of sp³-hybridized carbons (Fsp3) is 0.0667. The zero-order chi connectivity index (χ0) is 16.1. The van der Waals surface area contributed by atoms with Crippen LogP contribution in [0.4, 0.5) is 0 Å². The molecule has 5 nitrogen and oxygen atoms in total. The third kappa shape index (κ3) is 4.00. The number of phenols is 1. The SMILES string of the molecule is N#C/C(=C/c1cc(Br)c(O)c(Br)c1)C(=O)NCc1ccco1. The van der Waals surface area contributed by atoms with Gasteiger partial charge in [0.05, 0.1) is 21.8 Å². The molecule has 0 aliphatic rings. The second-order valence-electron chi connectivity index (χ2n) is 4.27. The lowest BCUT2D eigenvalue weighted by atomic mass is 10.1. The van der Waals surface area contributed by atoms with E-state index in [-0.39, 0.29) is 17.9 Å². The minimum Gasteiger partial charge on any atom is -0.506 e. The molecule has 1 heterocycles. The van der Waals surface area contributed by atoms with E-state index in [1.165, 1.54) is 12.3 Å². The molecule has 7 heteroatoms. The standard InChI is InChI=1S/C15H10Br2N2O3/c16-12-5-9(6-13(17)14(12)20)4-10(7-18)15(21)19-8-11-2-1-3-22-11/h1-6,20H,8H2,(H,19,21)/b10-4-. The first-order valence-corrected chi connectivity index (χ1v) is 7.70. The summed E-state index contributed by atoms with van der Waals surface area (Å²) in [6, 6.07) is 8.52. The number of halogens is 2. The van der Waals surface area contributed by atoms with E-state index in [0.29, 0.717) is 20.3 Å². The smallest absolute Gasteiger partial charge is 0.262 e. The van der Waals surface area contributed by atoms with E-state index < -0.39 is 5.91 Å². The van der Waals surface area contributed by atoms with Gasteiger partial charge in [-0.25, -0.2) is 0 Å². The van der Waals surface area contributed by atoms with Crippen molar-refractivity contribution in [2.75, 3.05) is 0 Å². The summed E-state index contributed by atoms with van der Waals surface area (Å²) in [6.07, 6.45) is 2.94. The van der Waals surface area contributed by atoms with Crippen LogP contribution in [0.5, 0.6) is 5.75 Å². The average Bonchev–Trinajstić information content (AvgIpc) is 3.01. The largest absolute Gasteiger partial charge is 0.506 e. The zero-order valence-corrected chi connectivity index (χ0v) is 14.3. The number of hydrogen-bond donors (Lipinski definition) is 2. The van der Waals surface area contributed by atoms with Crippen LogP contribution in [0, 0.1) is 11.3 Å². The van der Waals surface area contributed by atoms with E-state index in [0.717, 1.165) is 0 Å². The molecule has 1 amide bonds. The molecule has 2 rings (SSSR count). The second-order valence-corrected chi connectivity index (χ2v) is 5.97. The molecule has 1 aromatic carbocycles. The van der Waals surface area contributed by atoms with Crippen LogP contribution in [0.2, 0.25) is 0 Å². The Labute approximate surface area is 143 Å². The molecule has 22 heavy (non-hydrogen) atoms. The van der Waals surface area contributed by atoms with Gasteiger partial charge in [0.1, 0.15) is 23.2 Å². The summed E-state index contributed by atoms with van der Waals surface area (Å²) in [6.45, 7) is 0.202. The van der Waals surface area contributed by atoms with E-state index in [4.69, 9.17) is 9.68 Å². The summed E-state index contributed by atoms with van der Waals surface area (Å²) >= 11 is 6.40. The monoisotopic (exact) mass is 424 g/mol. The number of benzene rings is 1.